The Morgan fingerprint density at radius 1 is 1.38 bits per heavy atom. The number of ether oxygens (including phenoxy) is 1. The molecule has 2 rings (SSSR count). The Hall–Kier alpha value is -2.16. The minimum absolute atomic E-state index is 0.0170. The fourth-order valence-corrected chi connectivity index (χ4v) is 2.93. The number of nitrogens with one attached hydrogen (secondary N) is 2. The number of carbonyl (C=O) groups excluding carboxylic acids is 2. The summed E-state index contributed by atoms with van der Waals surface area (Å²) in [5.41, 5.74) is -0.156. The van der Waals surface area contributed by atoms with Crippen LogP contribution in [-0.2, 0) is 15.7 Å². The van der Waals surface area contributed by atoms with E-state index in [0.717, 1.165) is 23.9 Å². The predicted octanol–water partition coefficient (Wildman–Crippen LogP) is 2.93. The van der Waals surface area contributed by atoms with Crippen LogP contribution in [0.5, 0.6) is 0 Å². The summed E-state index contributed by atoms with van der Waals surface area (Å²) in [4.78, 5) is 23.7. The van der Waals surface area contributed by atoms with Crippen LogP contribution >= 0.6 is 11.8 Å². The number of hydrogen-bond donors (Lipinski definition) is 2. The third kappa shape index (κ3) is 4.67. The summed E-state index contributed by atoms with van der Waals surface area (Å²) in [6.45, 7) is 1.86. The Morgan fingerprint density at radius 3 is 2.79 bits per heavy atom. The lowest BCUT2D eigenvalue weighted by Crippen LogP contribution is -2.44. The molecule has 0 aromatic heterocycles. The van der Waals surface area contributed by atoms with E-state index in [1.165, 1.54) is 12.1 Å². The van der Waals surface area contributed by atoms with Crippen molar-refractivity contribution >= 4 is 23.8 Å². The Kier molecular flexibility index (Phi) is 5.76. The highest BCUT2D eigenvalue weighted by atomic mass is 32.2. The Bertz CT molecular complexity index is 674. The van der Waals surface area contributed by atoms with Crippen LogP contribution in [0.2, 0.25) is 0 Å². The van der Waals surface area contributed by atoms with Gasteiger partial charge in [-0.2, -0.15) is 13.2 Å². The van der Waals surface area contributed by atoms with Crippen LogP contribution in [0, 0.1) is 0 Å². The largest absolute Gasteiger partial charge is 0.463 e. The van der Waals surface area contributed by atoms with Gasteiger partial charge in [0.05, 0.1) is 24.3 Å². The molecule has 9 heteroatoms. The van der Waals surface area contributed by atoms with Gasteiger partial charge in [0, 0.05) is 16.3 Å². The number of carbonyl (C=O) groups is 2. The minimum atomic E-state index is -4.42. The molecule has 0 radical (unpaired) electrons. The van der Waals surface area contributed by atoms with Crippen molar-refractivity contribution in [1.29, 1.82) is 0 Å². The molecule has 1 aliphatic rings. The zero-order chi connectivity index (χ0) is 17.7. The van der Waals surface area contributed by atoms with Gasteiger partial charge in [-0.3, -0.25) is 0 Å². The highest BCUT2D eigenvalue weighted by Crippen LogP contribution is 2.32. The van der Waals surface area contributed by atoms with Gasteiger partial charge in [0.2, 0.25) is 0 Å². The number of amides is 2. The summed E-state index contributed by atoms with van der Waals surface area (Å²) in [6, 6.07) is 4.39. The standard InChI is InChI=1S/C15H15F3N2O3S/c1-2-23-13(21)11-7-19-14(22)20-12(11)8-24-10-5-3-4-9(6-10)15(16,17)18/h3-6H,2,7-8H2,1H3,(H2,19,20,22). The average Bonchev–Trinajstić information content (AvgIpc) is 2.52. The van der Waals surface area contributed by atoms with Gasteiger partial charge >= 0.3 is 18.2 Å². The van der Waals surface area contributed by atoms with Crippen molar-refractivity contribution in [3.63, 3.8) is 0 Å². The SMILES string of the molecule is CCOC(=O)C1=C(CSc2cccc(C(F)(F)F)c2)NC(=O)NC1. The molecule has 0 spiro atoms. The second kappa shape index (κ2) is 7.61. The van der Waals surface area contributed by atoms with Crippen molar-refractivity contribution < 1.29 is 27.5 Å². The molecule has 1 aliphatic heterocycles. The van der Waals surface area contributed by atoms with E-state index in [1.807, 2.05) is 0 Å². The topological polar surface area (TPSA) is 67.4 Å². The molecular formula is C15H15F3N2O3S. The van der Waals surface area contributed by atoms with Gasteiger partial charge in [-0.05, 0) is 25.1 Å². The van der Waals surface area contributed by atoms with Crippen LogP contribution in [0.1, 0.15) is 12.5 Å². The van der Waals surface area contributed by atoms with Crippen LogP contribution in [0.15, 0.2) is 40.4 Å². The van der Waals surface area contributed by atoms with Gasteiger partial charge < -0.3 is 15.4 Å². The summed E-state index contributed by atoms with van der Waals surface area (Å²) in [7, 11) is 0. The van der Waals surface area contributed by atoms with Crippen LogP contribution in [0.3, 0.4) is 0 Å². The molecule has 1 aromatic rings. The molecule has 5 nitrogen and oxygen atoms in total. The summed E-state index contributed by atoms with van der Waals surface area (Å²) in [6.07, 6.45) is -4.42. The highest BCUT2D eigenvalue weighted by molar-refractivity contribution is 7.99. The van der Waals surface area contributed by atoms with Crippen LogP contribution in [-0.4, -0.2) is 30.9 Å². The fraction of sp³-hybridized carbons (Fsp3) is 0.333. The van der Waals surface area contributed by atoms with Gasteiger partial charge in [0.1, 0.15) is 0 Å². The highest BCUT2D eigenvalue weighted by Gasteiger charge is 2.30. The molecule has 2 N–H and O–H groups in total. The smallest absolute Gasteiger partial charge is 0.416 e. The number of thioether (sulfide) groups is 1. The second-order valence-corrected chi connectivity index (χ2v) is 5.85. The van der Waals surface area contributed by atoms with Crippen molar-refractivity contribution in [2.75, 3.05) is 18.9 Å². The summed E-state index contributed by atoms with van der Waals surface area (Å²) in [5.74, 6) is -0.423. The maximum Gasteiger partial charge on any atom is 0.416 e. The lowest BCUT2D eigenvalue weighted by molar-refractivity contribution is -0.139. The van der Waals surface area contributed by atoms with Gasteiger partial charge in [0.15, 0.2) is 0 Å². The molecule has 2 amide bonds. The van der Waals surface area contributed by atoms with E-state index in [9.17, 15) is 22.8 Å². The number of rotatable bonds is 5. The van der Waals surface area contributed by atoms with Crippen LogP contribution in [0.25, 0.3) is 0 Å². The van der Waals surface area contributed by atoms with Gasteiger partial charge in [-0.25, -0.2) is 9.59 Å². The Labute approximate surface area is 140 Å². The third-order valence-electron chi connectivity index (χ3n) is 3.12. The zero-order valence-electron chi connectivity index (χ0n) is 12.7. The van der Waals surface area contributed by atoms with E-state index >= 15 is 0 Å². The number of urea groups is 1. The molecular weight excluding hydrogens is 345 g/mol. The van der Waals surface area contributed by atoms with E-state index in [2.05, 4.69) is 10.6 Å². The first-order chi connectivity index (χ1) is 11.3. The maximum atomic E-state index is 12.7. The first-order valence-corrected chi connectivity index (χ1v) is 8.04. The molecule has 0 fully saturated rings. The van der Waals surface area contributed by atoms with Crippen molar-refractivity contribution in [2.24, 2.45) is 0 Å². The zero-order valence-corrected chi connectivity index (χ0v) is 13.5. The van der Waals surface area contributed by atoms with E-state index in [-0.39, 0.29) is 24.5 Å². The molecule has 0 saturated heterocycles. The van der Waals surface area contributed by atoms with Gasteiger partial charge in [-0.1, -0.05) is 6.07 Å². The van der Waals surface area contributed by atoms with E-state index < -0.39 is 23.7 Å². The summed E-state index contributed by atoms with van der Waals surface area (Å²) < 4.78 is 43.1. The third-order valence-corrected chi connectivity index (χ3v) is 4.14. The molecule has 0 aliphatic carbocycles. The molecule has 130 valence electrons. The molecule has 1 aromatic carbocycles. The van der Waals surface area contributed by atoms with E-state index in [1.54, 1.807) is 6.92 Å². The molecule has 24 heavy (non-hydrogen) atoms. The number of halogens is 3. The summed E-state index contributed by atoms with van der Waals surface area (Å²) >= 11 is 1.09. The van der Waals surface area contributed by atoms with Crippen molar-refractivity contribution in [2.45, 2.75) is 18.0 Å². The van der Waals surface area contributed by atoms with Gasteiger partial charge in [-0.15, -0.1) is 11.8 Å². The summed E-state index contributed by atoms with van der Waals surface area (Å²) in [5, 5.41) is 4.97. The lowest BCUT2D eigenvalue weighted by atomic mass is 10.2. The molecule has 0 atom stereocenters. The molecule has 0 unspecified atom stereocenters. The first kappa shape index (κ1) is 18.2. The quantitative estimate of drug-likeness (QED) is 0.626. The van der Waals surface area contributed by atoms with Crippen LogP contribution in [0.4, 0.5) is 18.0 Å². The molecule has 1 heterocycles. The van der Waals surface area contributed by atoms with Crippen molar-refractivity contribution in [1.82, 2.24) is 10.6 Å². The predicted molar refractivity (Wildman–Crippen MR) is 82.4 cm³/mol. The molecule has 0 saturated carbocycles. The monoisotopic (exact) mass is 360 g/mol. The average molecular weight is 360 g/mol. The van der Waals surface area contributed by atoms with Crippen molar-refractivity contribution in [3.05, 3.63) is 41.1 Å². The lowest BCUT2D eigenvalue weighted by Gasteiger charge is -2.21. The molecule has 0 bridgehead atoms. The number of hydrogen-bond acceptors (Lipinski definition) is 4. The van der Waals surface area contributed by atoms with E-state index in [4.69, 9.17) is 4.74 Å². The van der Waals surface area contributed by atoms with E-state index in [0.29, 0.717) is 10.6 Å². The maximum absolute atomic E-state index is 12.7. The number of esters is 1. The fourth-order valence-electron chi connectivity index (χ4n) is 1.99. The van der Waals surface area contributed by atoms with Gasteiger partial charge in [0.25, 0.3) is 0 Å². The Balaban J connectivity index is 2.15. The van der Waals surface area contributed by atoms with Crippen molar-refractivity contribution in [3.8, 4) is 0 Å². The number of alkyl halides is 3. The second-order valence-electron chi connectivity index (χ2n) is 4.80. The minimum Gasteiger partial charge on any atom is -0.463 e. The number of benzene rings is 1. The normalized spacial score (nSPS) is 14.9. The first-order valence-electron chi connectivity index (χ1n) is 7.05. The van der Waals surface area contributed by atoms with Crippen LogP contribution < -0.4 is 10.6 Å². The Morgan fingerprint density at radius 2 is 2.12 bits per heavy atom.